The maximum atomic E-state index is 12.0. The molecule has 0 bridgehead atoms. The van der Waals surface area contributed by atoms with E-state index in [1.54, 1.807) is 4.90 Å². The highest BCUT2D eigenvalue weighted by molar-refractivity contribution is 7.09. The predicted molar refractivity (Wildman–Crippen MR) is 87.6 cm³/mol. The van der Waals surface area contributed by atoms with Crippen LogP contribution in [0, 0.1) is 6.92 Å². The van der Waals surface area contributed by atoms with Crippen molar-refractivity contribution in [2.75, 3.05) is 18.1 Å². The summed E-state index contributed by atoms with van der Waals surface area (Å²) in [6.07, 6.45) is 0.241. The van der Waals surface area contributed by atoms with Gasteiger partial charge in [-0.25, -0.2) is 4.98 Å². The van der Waals surface area contributed by atoms with Gasteiger partial charge in [-0.2, -0.15) is 0 Å². The van der Waals surface area contributed by atoms with Crippen molar-refractivity contribution in [1.29, 1.82) is 0 Å². The molecule has 2 amide bonds. The highest BCUT2D eigenvalue weighted by Gasteiger charge is 2.25. The van der Waals surface area contributed by atoms with Crippen molar-refractivity contribution in [2.24, 2.45) is 0 Å². The molecule has 2 heterocycles. The Morgan fingerprint density at radius 2 is 2.26 bits per heavy atom. The van der Waals surface area contributed by atoms with Crippen LogP contribution in [-0.2, 0) is 16.1 Å². The minimum absolute atomic E-state index is 0.0109. The number of hydrogen-bond donors (Lipinski definition) is 1. The first-order valence-electron chi connectivity index (χ1n) is 7.33. The maximum Gasteiger partial charge on any atom is 0.265 e. The zero-order valence-corrected chi connectivity index (χ0v) is 13.6. The van der Waals surface area contributed by atoms with Crippen LogP contribution < -0.4 is 15.0 Å². The van der Waals surface area contributed by atoms with E-state index in [4.69, 9.17) is 4.74 Å². The Morgan fingerprint density at radius 1 is 1.43 bits per heavy atom. The van der Waals surface area contributed by atoms with Gasteiger partial charge in [0.1, 0.15) is 10.8 Å². The van der Waals surface area contributed by atoms with Gasteiger partial charge in [-0.05, 0) is 19.1 Å². The van der Waals surface area contributed by atoms with Crippen LogP contribution in [0.25, 0.3) is 0 Å². The molecular formula is C16H17N3O3S. The SMILES string of the molecule is Cc1csc(CNC(=O)CCN2C(=O)COc3ccccc32)n1. The van der Waals surface area contributed by atoms with Gasteiger partial charge in [0.25, 0.3) is 5.91 Å². The van der Waals surface area contributed by atoms with E-state index in [0.717, 1.165) is 10.7 Å². The second-order valence-corrected chi connectivity index (χ2v) is 6.15. The lowest BCUT2D eigenvalue weighted by Crippen LogP contribution is -2.41. The van der Waals surface area contributed by atoms with Crippen LogP contribution in [-0.4, -0.2) is 29.9 Å². The third kappa shape index (κ3) is 3.68. The van der Waals surface area contributed by atoms with Crippen molar-refractivity contribution in [3.05, 3.63) is 40.3 Å². The highest BCUT2D eigenvalue weighted by Crippen LogP contribution is 2.31. The van der Waals surface area contributed by atoms with Crippen LogP contribution in [0.2, 0.25) is 0 Å². The number of aryl methyl sites for hydroxylation is 1. The fourth-order valence-corrected chi connectivity index (χ4v) is 3.07. The average Bonchev–Trinajstić information content (AvgIpc) is 2.97. The Morgan fingerprint density at radius 3 is 3.04 bits per heavy atom. The molecule has 0 unspecified atom stereocenters. The van der Waals surface area contributed by atoms with Crippen molar-refractivity contribution in [3.8, 4) is 5.75 Å². The summed E-state index contributed by atoms with van der Waals surface area (Å²) in [6.45, 7) is 2.69. The molecule has 3 rings (SSSR count). The molecule has 23 heavy (non-hydrogen) atoms. The number of carbonyl (C=O) groups excluding carboxylic acids is 2. The standard InChI is InChI=1S/C16H17N3O3S/c1-11-10-23-15(18-11)8-17-14(20)6-7-19-12-4-2-3-5-13(12)22-9-16(19)21/h2-5,10H,6-9H2,1H3,(H,17,20). The van der Waals surface area contributed by atoms with Crippen molar-refractivity contribution < 1.29 is 14.3 Å². The fourth-order valence-electron chi connectivity index (χ4n) is 2.36. The third-order valence-corrected chi connectivity index (χ3v) is 4.44. The van der Waals surface area contributed by atoms with Crippen LogP contribution in [0.15, 0.2) is 29.6 Å². The Labute approximate surface area is 138 Å². The summed E-state index contributed by atoms with van der Waals surface area (Å²) in [5.41, 5.74) is 1.67. The molecule has 1 aliphatic heterocycles. The van der Waals surface area contributed by atoms with E-state index in [1.807, 2.05) is 36.6 Å². The number of fused-ring (bicyclic) bond motifs is 1. The minimum Gasteiger partial charge on any atom is -0.482 e. The van der Waals surface area contributed by atoms with Gasteiger partial charge < -0.3 is 15.0 Å². The third-order valence-electron chi connectivity index (χ3n) is 3.47. The van der Waals surface area contributed by atoms with E-state index in [2.05, 4.69) is 10.3 Å². The molecule has 120 valence electrons. The van der Waals surface area contributed by atoms with E-state index in [0.29, 0.717) is 24.5 Å². The molecule has 1 N–H and O–H groups in total. The number of aromatic nitrogens is 1. The zero-order chi connectivity index (χ0) is 16.2. The number of anilines is 1. The molecule has 0 atom stereocenters. The number of nitrogens with zero attached hydrogens (tertiary/aromatic N) is 2. The lowest BCUT2D eigenvalue weighted by Gasteiger charge is -2.29. The molecule has 1 aromatic carbocycles. The second kappa shape index (κ2) is 6.78. The maximum absolute atomic E-state index is 12.0. The zero-order valence-electron chi connectivity index (χ0n) is 12.7. The van der Waals surface area contributed by atoms with Crippen LogP contribution in [0.5, 0.6) is 5.75 Å². The first-order chi connectivity index (χ1) is 11.1. The number of ether oxygens (including phenoxy) is 1. The molecule has 0 aliphatic carbocycles. The van der Waals surface area contributed by atoms with Gasteiger partial charge >= 0.3 is 0 Å². The first-order valence-corrected chi connectivity index (χ1v) is 8.21. The van der Waals surface area contributed by atoms with Gasteiger partial charge in [-0.1, -0.05) is 12.1 Å². The monoisotopic (exact) mass is 331 g/mol. The second-order valence-electron chi connectivity index (χ2n) is 5.21. The van der Waals surface area contributed by atoms with Gasteiger partial charge in [0.15, 0.2) is 6.61 Å². The molecule has 2 aromatic rings. The molecular weight excluding hydrogens is 314 g/mol. The number of benzene rings is 1. The Balaban J connectivity index is 1.55. The normalized spacial score (nSPS) is 13.4. The average molecular weight is 331 g/mol. The van der Waals surface area contributed by atoms with Gasteiger partial charge in [0.2, 0.25) is 5.91 Å². The topological polar surface area (TPSA) is 71.5 Å². The summed E-state index contributed by atoms with van der Waals surface area (Å²) in [4.78, 5) is 29.9. The minimum atomic E-state index is -0.132. The van der Waals surface area contributed by atoms with Gasteiger partial charge in [0, 0.05) is 24.0 Å². The first kappa shape index (κ1) is 15.5. The summed E-state index contributed by atoms with van der Waals surface area (Å²) in [5, 5.41) is 5.66. The lowest BCUT2D eigenvalue weighted by atomic mass is 10.2. The van der Waals surface area contributed by atoms with E-state index >= 15 is 0 Å². The predicted octanol–water partition coefficient (Wildman–Crippen LogP) is 1.88. The Hall–Kier alpha value is -2.41. The van der Waals surface area contributed by atoms with Crippen LogP contribution in [0.4, 0.5) is 5.69 Å². The molecule has 7 heteroatoms. The Bertz CT molecular complexity index is 729. The molecule has 0 saturated carbocycles. The smallest absolute Gasteiger partial charge is 0.265 e. The van der Waals surface area contributed by atoms with Crippen molar-refractivity contribution in [3.63, 3.8) is 0 Å². The number of amides is 2. The molecule has 0 spiro atoms. The van der Waals surface area contributed by atoms with Crippen molar-refractivity contribution >= 4 is 28.8 Å². The van der Waals surface area contributed by atoms with Crippen LogP contribution >= 0.6 is 11.3 Å². The summed E-state index contributed by atoms with van der Waals surface area (Å²) < 4.78 is 5.38. The summed E-state index contributed by atoms with van der Waals surface area (Å²) in [5.74, 6) is 0.437. The summed E-state index contributed by atoms with van der Waals surface area (Å²) in [6, 6.07) is 7.34. The largest absolute Gasteiger partial charge is 0.482 e. The van der Waals surface area contributed by atoms with E-state index in [1.165, 1.54) is 11.3 Å². The number of rotatable bonds is 5. The van der Waals surface area contributed by atoms with Crippen LogP contribution in [0.3, 0.4) is 0 Å². The van der Waals surface area contributed by atoms with Gasteiger partial charge in [-0.15, -0.1) is 11.3 Å². The van der Waals surface area contributed by atoms with E-state index in [-0.39, 0.29) is 24.8 Å². The van der Waals surface area contributed by atoms with E-state index < -0.39 is 0 Å². The molecule has 6 nitrogen and oxygen atoms in total. The number of carbonyl (C=O) groups is 2. The van der Waals surface area contributed by atoms with Crippen molar-refractivity contribution in [1.82, 2.24) is 10.3 Å². The number of hydrogen-bond acceptors (Lipinski definition) is 5. The van der Waals surface area contributed by atoms with E-state index in [9.17, 15) is 9.59 Å². The molecule has 0 saturated heterocycles. The molecule has 1 aromatic heterocycles. The fraction of sp³-hybridized carbons (Fsp3) is 0.312. The number of nitrogens with one attached hydrogen (secondary N) is 1. The molecule has 0 radical (unpaired) electrons. The number of para-hydroxylation sites is 2. The van der Waals surface area contributed by atoms with Gasteiger partial charge in [0.05, 0.1) is 12.2 Å². The summed E-state index contributed by atoms with van der Waals surface area (Å²) in [7, 11) is 0. The molecule has 0 fully saturated rings. The Kier molecular flexibility index (Phi) is 4.57. The lowest BCUT2D eigenvalue weighted by molar-refractivity contribution is -0.122. The van der Waals surface area contributed by atoms with Crippen LogP contribution in [0.1, 0.15) is 17.1 Å². The quantitative estimate of drug-likeness (QED) is 0.908. The summed E-state index contributed by atoms with van der Waals surface area (Å²) >= 11 is 1.52. The number of thiazole rings is 1. The van der Waals surface area contributed by atoms with Crippen molar-refractivity contribution in [2.45, 2.75) is 19.9 Å². The highest BCUT2D eigenvalue weighted by atomic mass is 32.1. The van der Waals surface area contributed by atoms with Gasteiger partial charge in [-0.3, -0.25) is 9.59 Å². The molecule has 1 aliphatic rings.